The van der Waals surface area contributed by atoms with E-state index in [-0.39, 0.29) is 5.78 Å². The normalized spacial score (nSPS) is 10.1. The highest BCUT2D eigenvalue weighted by molar-refractivity contribution is 5.94. The Kier molecular flexibility index (Phi) is 4.07. The van der Waals surface area contributed by atoms with Crippen LogP contribution in [0.5, 0.6) is 5.75 Å². The molecule has 1 aromatic heterocycles. The van der Waals surface area contributed by atoms with Gasteiger partial charge in [-0.25, -0.2) is 0 Å². The van der Waals surface area contributed by atoms with E-state index in [0.717, 1.165) is 11.4 Å². The molecule has 0 atom stereocenters. The summed E-state index contributed by atoms with van der Waals surface area (Å²) >= 11 is 0. The van der Waals surface area contributed by atoms with Crippen molar-refractivity contribution in [1.29, 1.82) is 0 Å². The van der Waals surface area contributed by atoms with Crippen molar-refractivity contribution >= 4 is 5.78 Å². The number of para-hydroxylation sites is 1. The zero-order valence-electron chi connectivity index (χ0n) is 10.3. The molecule has 0 fully saturated rings. The largest absolute Gasteiger partial charge is 0.493 e. The lowest BCUT2D eigenvalue weighted by atomic mass is 10.2. The minimum absolute atomic E-state index is 0.00892. The highest BCUT2D eigenvalue weighted by atomic mass is 16.5. The second-order valence-electron chi connectivity index (χ2n) is 4.00. The molecule has 18 heavy (non-hydrogen) atoms. The first-order valence-corrected chi connectivity index (χ1v) is 5.90. The molecule has 0 unspecified atom stereocenters. The fourth-order valence-electron chi connectivity index (χ4n) is 1.60. The highest BCUT2D eigenvalue weighted by Gasteiger charge is 2.07. The molecule has 2 aromatic rings. The lowest BCUT2D eigenvalue weighted by molar-refractivity contribution is 0.0957. The maximum atomic E-state index is 11.8. The monoisotopic (exact) mass is 241 g/mol. The molecule has 0 N–H and O–H groups in total. The van der Waals surface area contributed by atoms with Crippen molar-refractivity contribution in [3.63, 3.8) is 0 Å². The molecule has 0 aliphatic heterocycles. The minimum Gasteiger partial charge on any atom is -0.493 e. The fraction of sp³-hybridized carbons (Fsp3) is 0.200. The fourth-order valence-corrected chi connectivity index (χ4v) is 1.60. The van der Waals surface area contributed by atoms with Gasteiger partial charge in [-0.1, -0.05) is 24.3 Å². The van der Waals surface area contributed by atoms with E-state index >= 15 is 0 Å². The number of benzene rings is 1. The van der Waals surface area contributed by atoms with Gasteiger partial charge in [0.2, 0.25) is 0 Å². The van der Waals surface area contributed by atoms with Crippen LogP contribution in [0.4, 0.5) is 0 Å². The number of hydrogen-bond acceptors (Lipinski definition) is 3. The number of ether oxygens (including phenoxy) is 1. The van der Waals surface area contributed by atoms with E-state index < -0.39 is 0 Å². The van der Waals surface area contributed by atoms with Crippen LogP contribution < -0.4 is 4.74 Å². The third kappa shape index (κ3) is 3.42. The molecule has 3 heteroatoms. The van der Waals surface area contributed by atoms with Crippen LogP contribution in [0, 0.1) is 6.92 Å². The molecular formula is C15H15NO2. The molecule has 1 aromatic carbocycles. The molecule has 1 heterocycles. The topological polar surface area (TPSA) is 39.2 Å². The number of aryl methyl sites for hydroxylation is 1. The van der Waals surface area contributed by atoms with Crippen LogP contribution in [-0.2, 0) is 0 Å². The molecule has 2 rings (SSSR count). The number of nitrogens with zero attached hydrogens (tertiary/aromatic N) is 1. The maximum Gasteiger partial charge on any atom is 0.184 e. The Morgan fingerprint density at radius 1 is 1.11 bits per heavy atom. The summed E-state index contributed by atoms with van der Waals surface area (Å²) in [4.78, 5) is 16.0. The van der Waals surface area contributed by atoms with Crippen LogP contribution in [0.15, 0.2) is 48.5 Å². The summed E-state index contributed by atoms with van der Waals surface area (Å²) in [5.74, 6) is 0.789. The number of Topliss-reactive ketones (excluding diaryl/α,β-unsaturated/α-hetero) is 1. The molecule has 3 nitrogen and oxygen atoms in total. The molecule has 0 radical (unpaired) electrons. The van der Waals surface area contributed by atoms with E-state index in [1.165, 1.54) is 0 Å². The van der Waals surface area contributed by atoms with Gasteiger partial charge in [0, 0.05) is 12.1 Å². The third-order valence-corrected chi connectivity index (χ3v) is 2.52. The zero-order chi connectivity index (χ0) is 12.8. The van der Waals surface area contributed by atoms with Gasteiger partial charge in [-0.2, -0.15) is 0 Å². The maximum absolute atomic E-state index is 11.8. The van der Waals surface area contributed by atoms with Gasteiger partial charge < -0.3 is 4.74 Å². The number of pyridine rings is 1. The van der Waals surface area contributed by atoms with Gasteiger partial charge in [0.05, 0.1) is 6.61 Å². The van der Waals surface area contributed by atoms with Gasteiger partial charge in [0.25, 0.3) is 0 Å². The van der Waals surface area contributed by atoms with Gasteiger partial charge in [0.1, 0.15) is 11.4 Å². The van der Waals surface area contributed by atoms with Crippen LogP contribution in [-0.4, -0.2) is 17.4 Å². The summed E-state index contributed by atoms with van der Waals surface area (Å²) in [6.07, 6.45) is 0.339. The van der Waals surface area contributed by atoms with E-state index in [1.54, 1.807) is 6.07 Å². The van der Waals surface area contributed by atoms with Crippen molar-refractivity contribution in [1.82, 2.24) is 4.98 Å². The SMILES string of the molecule is Cc1cccc(C(=O)CCOc2ccccc2)n1. The summed E-state index contributed by atoms with van der Waals surface area (Å²) in [5, 5.41) is 0. The number of ketones is 1. The number of carbonyl (C=O) groups is 1. The van der Waals surface area contributed by atoms with Crippen molar-refractivity contribution in [2.75, 3.05) is 6.61 Å². The Bertz CT molecular complexity index is 523. The van der Waals surface area contributed by atoms with Crippen molar-refractivity contribution in [2.24, 2.45) is 0 Å². The highest BCUT2D eigenvalue weighted by Crippen LogP contribution is 2.09. The van der Waals surface area contributed by atoms with Crippen LogP contribution in [0.1, 0.15) is 22.6 Å². The average molecular weight is 241 g/mol. The van der Waals surface area contributed by atoms with Gasteiger partial charge in [0.15, 0.2) is 5.78 Å². The van der Waals surface area contributed by atoms with Gasteiger partial charge >= 0.3 is 0 Å². The first-order valence-electron chi connectivity index (χ1n) is 5.90. The molecule has 0 spiro atoms. The quantitative estimate of drug-likeness (QED) is 0.755. The van der Waals surface area contributed by atoms with E-state index in [1.807, 2.05) is 49.4 Å². The summed E-state index contributed by atoms with van der Waals surface area (Å²) in [6.45, 7) is 2.25. The lowest BCUT2D eigenvalue weighted by Crippen LogP contribution is -2.08. The molecular weight excluding hydrogens is 226 g/mol. The standard InChI is InChI=1S/C15H15NO2/c1-12-6-5-9-14(16-12)15(17)10-11-18-13-7-3-2-4-8-13/h2-9H,10-11H2,1H3. The van der Waals surface area contributed by atoms with Gasteiger partial charge in [-0.15, -0.1) is 0 Å². The number of aromatic nitrogens is 1. The minimum atomic E-state index is 0.00892. The molecule has 0 bridgehead atoms. The van der Waals surface area contributed by atoms with Crippen LogP contribution >= 0.6 is 0 Å². The lowest BCUT2D eigenvalue weighted by Gasteiger charge is -2.05. The van der Waals surface area contributed by atoms with Gasteiger partial charge in [-0.05, 0) is 31.2 Å². The number of carbonyl (C=O) groups excluding carboxylic acids is 1. The Morgan fingerprint density at radius 3 is 2.61 bits per heavy atom. The van der Waals surface area contributed by atoms with Crippen molar-refractivity contribution in [3.8, 4) is 5.75 Å². The molecule has 0 aliphatic carbocycles. The third-order valence-electron chi connectivity index (χ3n) is 2.52. The second kappa shape index (κ2) is 5.96. The number of hydrogen-bond donors (Lipinski definition) is 0. The Labute approximate surface area is 106 Å². The van der Waals surface area contributed by atoms with Crippen LogP contribution in [0.3, 0.4) is 0 Å². The van der Waals surface area contributed by atoms with E-state index in [9.17, 15) is 4.79 Å². The van der Waals surface area contributed by atoms with Gasteiger partial charge in [-0.3, -0.25) is 9.78 Å². The number of rotatable bonds is 5. The first kappa shape index (κ1) is 12.3. The summed E-state index contributed by atoms with van der Waals surface area (Å²) in [5.41, 5.74) is 1.36. The average Bonchev–Trinajstić information content (AvgIpc) is 2.40. The van der Waals surface area contributed by atoms with Crippen molar-refractivity contribution in [3.05, 3.63) is 59.9 Å². The summed E-state index contributed by atoms with van der Waals surface area (Å²) < 4.78 is 5.48. The smallest absolute Gasteiger partial charge is 0.184 e. The molecule has 0 aliphatic rings. The van der Waals surface area contributed by atoms with E-state index in [4.69, 9.17) is 4.74 Å². The van der Waals surface area contributed by atoms with Crippen LogP contribution in [0.25, 0.3) is 0 Å². The zero-order valence-corrected chi connectivity index (χ0v) is 10.3. The first-order chi connectivity index (χ1) is 8.75. The molecule has 92 valence electrons. The second-order valence-corrected chi connectivity index (χ2v) is 4.00. The van der Waals surface area contributed by atoms with E-state index in [2.05, 4.69) is 4.98 Å². The Morgan fingerprint density at radius 2 is 1.89 bits per heavy atom. The Hall–Kier alpha value is -2.16. The van der Waals surface area contributed by atoms with E-state index in [0.29, 0.717) is 18.7 Å². The molecule has 0 saturated carbocycles. The van der Waals surface area contributed by atoms with Crippen molar-refractivity contribution < 1.29 is 9.53 Å². The molecule has 0 amide bonds. The van der Waals surface area contributed by atoms with Crippen molar-refractivity contribution in [2.45, 2.75) is 13.3 Å². The molecule has 0 saturated heterocycles. The van der Waals surface area contributed by atoms with Crippen LogP contribution in [0.2, 0.25) is 0 Å². The summed E-state index contributed by atoms with van der Waals surface area (Å²) in [7, 11) is 0. The Balaban J connectivity index is 1.86. The predicted octanol–water partition coefficient (Wildman–Crippen LogP) is 3.04. The predicted molar refractivity (Wildman–Crippen MR) is 69.9 cm³/mol. The summed E-state index contributed by atoms with van der Waals surface area (Å²) in [6, 6.07) is 14.9.